The van der Waals surface area contributed by atoms with Crippen molar-refractivity contribution in [1.82, 2.24) is 9.62 Å². The SMILES string of the molecule is Cc1ccc(S(=O)(=O)N2CCC(C(=O)N[C@H](C)c3cc(C)ccc3C)CC2)cc1. The van der Waals surface area contributed by atoms with Gasteiger partial charge in [0.1, 0.15) is 0 Å². The van der Waals surface area contributed by atoms with E-state index in [4.69, 9.17) is 0 Å². The fourth-order valence-corrected chi connectivity index (χ4v) is 5.32. The molecule has 0 aromatic heterocycles. The summed E-state index contributed by atoms with van der Waals surface area (Å²) in [4.78, 5) is 13.1. The molecule has 2 aromatic carbocycles. The van der Waals surface area contributed by atoms with Gasteiger partial charge in [0.2, 0.25) is 15.9 Å². The predicted molar refractivity (Wildman–Crippen MR) is 115 cm³/mol. The third-order valence-electron chi connectivity index (χ3n) is 5.74. The number of rotatable bonds is 5. The number of hydrogen-bond acceptors (Lipinski definition) is 3. The van der Waals surface area contributed by atoms with E-state index in [2.05, 4.69) is 23.5 Å². The van der Waals surface area contributed by atoms with E-state index >= 15 is 0 Å². The van der Waals surface area contributed by atoms with Gasteiger partial charge in [0, 0.05) is 19.0 Å². The van der Waals surface area contributed by atoms with Gasteiger partial charge in [-0.3, -0.25) is 4.79 Å². The summed E-state index contributed by atoms with van der Waals surface area (Å²) in [5, 5.41) is 3.12. The molecule has 1 fully saturated rings. The molecule has 3 rings (SSSR count). The zero-order valence-corrected chi connectivity index (χ0v) is 18.4. The second-order valence-corrected chi connectivity index (χ2v) is 10.0. The van der Waals surface area contributed by atoms with Crippen LogP contribution in [0.3, 0.4) is 0 Å². The third kappa shape index (κ3) is 4.87. The third-order valence-corrected chi connectivity index (χ3v) is 7.66. The molecule has 1 saturated heterocycles. The second-order valence-electron chi connectivity index (χ2n) is 8.08. The normalized spacial score (nSPS) is 17.1. The fourth-order valence-electron chi connectivity index (χ4n) is 3.85. The van der Waals surface area contributed by atoms with Gasteiger partial charge in [-0.05, 0) is 63.8 Å². The van der Waals surface area contributed by atoms with Crippen molar-refractivity contribution in [2.45, 2.75) is 51.5 Å². The molecule has 0 saturated carbocycles. The fraction of sp³-hybridized carbons (Fsp3) is 0.435. The zero-order chi connectivity index (χ0) is 21.2. The Bertz CT molecular complexity index is 976. The van der Waals surface area contributed by atoms with Gasteiger partial charge in [0.15, 0.2) is 0 Å². The number of nitrogens with one attached hydrogen (secondary N) is 1. The van der Waals surface area contributed by atoms with E-state index in [-0.39, 0.29) is 17.9 Å². The Labute approximate surface area is 174 Å². The summed E-state index contributed by atoms with van der Waals surface area (Å²) in [6.07, 6.45) is 1.08. The largest absolute Gasteiger partial charge is 0.349 e. The zero-order valence-electron chi connectivity index (χ0n) is 17.6. The highest BCUT2D eigenvalue weighted by atomic mass is 32.2. The standard InChI is InChI=1S/C23H30N2O3S/c1-16-6-9-21(10-7-16)29(27,28)25-13-11-20(12-14-25)23(26)24-19(4)22-15-17(2)5-8-18(22)3/h5-10,15,19-20H,11-14H2,1-4H3,(H,24,26)/t19-/m1/s1. The lowest BCUT2D eigenvalue weighted by molar-refractivity contribution is -0.126. The van der Waals surface area contributed by atoms with Crippen LogP contribution in [-0.4, -0.2) is 31.7 Å². The lowest BCUT2D eigenvalue weighted by atomic mass is 9.95. The Morgan fingerprint density at radius 3 is 2.21 bits per heavy atom. The van der Waals surface area contributed by atoms with E-state index in [0.717, 1.165) is 16.7 Å². The van der Waals surface area contributed by atoms with Crippen molar-refractivity contribution in [2.75, 3.05) is 13.1 Å². The lowest BCUT2D eigenvalue weighted by Gasteiger charge is -2.31. The first kappa shape index (κ1) is 21.5. The summed E-state index contributed by atoms with van der Waals surface area (Å²) in [5.41, 5.74) is 4.47. The molecule has 6 heteroatoms. The first-order valence-corrected chi connectivity index (χ1v) is 11.6. The van der Waals surface area contributed by atoms with Crippen LogP contribution in [0.1, 0.15) is 48.1 Å². The monoisotopic (exact) mass is 414 g/mol. The van der Waals surface area contributed by atoms with Crippen molar-refractivity contribution in [2.24, 2.45) is 5.92 Å². The van der Waals surface area contributed by atoms with Gasteiger partial charge in [-0.1, -0.05) is 41.5 Å². The number of amides is 1. The van der Waals surface area contributed by atoms with Gasteiger partial charge in [-0.25, -0.2) is 8.42 Å². The first-order valence-electron chi connectivity index (χ1n) is 10.1. The highest BCUT2D eigenvalue weighted by molar-refractivity contribution is 7.89. The number of carbonyl (C=O) groups is 1. The van der Waals surface area contributed by atoms with Crippen LogP contribution in [0, 0.1) is 26.7 Å². The predicted octanol–water partition coefficient (Wildman–Crippen LogP) is 3.89. The summed E-state index contributed by atoms with van der Waals surface area (Å²) >= 11 is 0. The van der Waals surface area contributed by atoms with E-state index < -0.39 is 10.0 Å². The van der Waals surface area contributed by atoms with Crippen molar-refractivity contribution < 1.29 is 13.2 Å². The highest BCUT2D eigenvalue weighted by Crippen LogP contribution is 2.25. The molecule has 1 amide bonds. The molecular formula is C23H30N2O3S. The number of carbonyl (C=O) groups excluding carboxylic acids is 1. The van der Waals surface area contributed by atoms with E-state index in [1.807, 2.05) is 39.8 Å². The minimum absolute atomic E-state index is 0.00536. The van der Waals surface area contributed by atoms with Gasteiger partial charge < -0.3 is 5.32 Å². The maximum absolute atomic E-state index is 12.8. The Morgan fingerprint density at radius 1 is 1.00 bits per heavy atom. The van der Waals surface area contributed by atoms with E-state index in [0.29, 0.717) is 30.8 Å². The van der Waals surface area contributed by atoms with Gasteiger partial charge >= 0.3 is 0 Å². The molecule has 0 unspecified atom stereocenters. The molecule has 1 atom stereocenters. The maximum Gasteiger partial charge on any atom is 0.243 e. The molecule has 2 aromatic rings. The summed E-state index contributed by atoms with van der Waals surface area (Å²) in [5.74, 6) is -0.155. The van der Waals surface area contributed by atoms with Gasteiger partial charge in [0.25, 0.3) is 0 Å². The number of nitrogens with zero attached hydrogens (tertiary/aromatic N) is 1. The van der Waals surface area contributed by atoms with E-state index in [1.54, 1.807) is 12.1 Å². The quantitative estimate of drug-likeness (QED) is 0.807. The van der Waals surface area contributed by atoms with Crippen molar-refractivity contribution in [3.63, 3.8) is 0 Å². The molecule has 156 valence electrons. The number of piperidine rings is 1. The van der Waals surface area contributed by atoms with Crippen LogP contribution in [0.15, 0.2) is 47.4 Å². The summed E-state index contributed by atoms with van der Waals surface area (Å²) < 4.78 is 27.2. The number of hydrogen-bond donors (Lipinski definition) is 1. The average Bonchev–Trinajstić information content (AvgIpc) is 2.70. The van der Waals surface area contributed by atoms with E-state index in [9.17, 15) is 13.2 Å². The van der Waals surface area contributed by atoms with Crippen molar-refractivity contribution in [3.8, 4) is 0 Å². The Morgan fingerprint density at radius 2 is 1.59 bits per heavy atom. The minimum atomic E-state index is -3.50. The molecule has 1 aliphatic heterocycles. The Hall–Kier alpha value is -2.18. The van der Waals surface area contributed by atoms with E-state index in [1.165, 1.54) is 9.87 Å². The average molecular weight is 415 g/mol. The topological polar surface area (TPSA) is 66.5 Å². The van der Waals surface area contributed by atoms with Crippen molar-refractivity contribution in [1.29, 1.82) is 0 Å². The van der Waals surface area contributed by atoms with Crippen LogP contribution in [-0.2, 0) is 14.8 Å². The molecule has 1 heterocycles. The lowest BCUT2D eigenvalue weighted by Crippen LogP contribution is -2.43. The molecular weight excluding hydrogens is 384 g/mol. The molecule has 1 aliphatic rings. The molecule has 1 N–H and O–H groups in total. The number of aryl methyl sites for hydroxylation is 3. The molecule has 0 aliphatic carbocycles. The Balaban J connectivity index is 1.60. The maximum atomic E-state index is 12.8. The van der Waals surface area contributed by atoms with Gasteiger partial charge in [-0.15, -0.1) is 0 Å². The molecule has 29 heavy (non-hydrogen) atoms. The first-order chi connectivity index (χ1) is 13.7. The molecule has 0 radical (unpaired) electrons. The number of sulfonamides is 1. The van der Waals surface area contributed by atoms with Crippen molar-refractivity contribution >= 4 is 15.9 Å². The summed E-state index contributed by atoms with van der Waals surface area (Å²) in [6, 6.07) is 13.1. The molecule has 0 spiro atoms. The van der Waals surface area contributed by atoms with Crippen LogP contribution in [0.25, 0.3) is 0 Å². The second kappa shape index (κ2) is 8.67. The molecule has 0 bridgehead atoms. The van der Waals surface area contributed by atoms with Crippen LogP contribution in [0.2, 0.25) is 0 Å². The summed E-state index contributed by atoms with van der Waals surface area (Å²) in [7, 11) is -3.50. The number of benzene rings is 2. The highest BCUT2D eigenvalue weighted by Gasteiger charge is 2.32. The van der Waals surface area contributed by atoms with Crippen LogP contribution in [0.5, 0.6) is 0 Å². The summed E-state index contributed by atoms with van der Waals surface area (Å²) in [6.45, 7) is 8.75. The molecule has 5 nitrogen and oxygen atoms in total. The van der Waals surface area contributed by atoms with Crippen LogP contribution >= 0.6 is 0 Å². The van der Waals surface area contributed by atoms with Crippen LogP contribution < -0.4 is 5.32 Å². The minimum Gasteiger partial charge on any atom is -0.349 e. The smallest absolute Gasteiger partial charge is 0.243 e. The van der Waals surface area contributed by atoms with Gasteiger partial charge in [-0.2, -0.15) is 4.31 Å². The van der Waals surface area contributed by atoms with Crippen LogP contribution in [0.4, 0.5) is 0 Å². The Kier molecular flexibility index (Phi) is 6.44. The van der Waals surface area contributed by atoms with Gasteiger partial charge in [0.05, 0.1) is 10.9 Å². The van der Waals surface area contributed by atoms with Crippen molar-refractivity contribution in [3.05, 3.63) is 64.7 Å².